The summed E-state index contributed by atoms with van der Waals surface area (Å²) >= 11 is 2.33. The fourth-order valence-corrected chi connectivity index (χ4v) is 6.83. The van der Waals surface area contributed by atoms with Crippen LogP contribution >= 0.6 is 22.6 Å². The van der Waals surface area contributed by atoms with Crippen molar-refractivity contribution in [2.45, 2.75) is 63.7 Å². The predicted octanol–water partition coefficient (Wildman–Crippen LogP) is 9.36. The van der Waals surface area contributed by atoms with Gasteiger partial charge in [-0.2, -0.15) is 4.98 Å². The Bertz CT molecular complexity index is 2030. The average Bonchev–Trinajstić information content (AvgIpc) is 3.79. The maximum Gasteiger partial charge on any atom is 0.231 e. The highest BCUT2D eigenvalue weighted by Gasteiger charge is 2.33. The molecule has 7 nitrogen and oxygen atoms in total. The zero-order chi connectivity index (χ0) is 31.3. The lowest BCUT2D eigenvalue weighted by Gasteiger charge is -2.30. The molecule has 2 N–H and O–H groups in total. The number of H-pyrrole nitrogens is 2. The minimum atomic E-state index is -0.565. The fraction of sp³-hybridized carbons (Fsp3) is 0.286. The number of ether oxygens (including phenoxy) is 1. The van der Waals surface area contributed by atoms with Crippen LogP contribution in [-0.4, -0.2) is 25.1 Å². The van der Waals surface area contributed by atoms with E-state index in [0.29, 0.717) is 28.6 Å². The van der Waals surface area contributed by atoms with Gasteiger partial charge < -0.3 is 19.2 Å². The third-order valence-electron chi connectivity index (χ3n) is 9.04. The van der Waals surface area contributed by atoms with Gasteiger partial charge >= 0.3 is 0 Å². The Morgan fingerprint density at radius 1 is 0.956 bits per heavy atom. The van der Waals surface area contributed by atoms with Gasteiger partial charge in [0, 0.05) is 55.0 Å². The van der Waals surface area contributed by atoms with Gasteiger partial charge in [0.2, 0.25) is 5.89 Å². The summed E-state index contributed by atoms with van der Waals surface area (Å²) < 4.78 is 44.1. The van der Waals surface area contributed by atoms with Crippen molar-refractivity contribution in [2.75, 3.05) is 0 Å². The highest BCUT2D eigenvalue weighted by molar-refractivity contribution is 14.1. The van der Waals surface area contributed by atoms with Crippen molar-refractivity contribution in [1.82, 2.24) is 25.1 Å². The van der Waals surface area contributed by atoms with E-state index < -0.39 is 17.0 Å². The fourth-order valence-electron chi connectivity index (χ4n) is 6.29. The van der Waals surface area contributed by atoms with Crippen LogP contribution in [0.3, 0.4) is 0 Å². The third kappa shape index (κ3) is 5.53. The molecule has 1 aliphatic heterocycles. The van der Waals surface area contributed by atoms with Gasteiger partial charge in [-0.3, -0.25) is 0 Å². The van der Waals surface area contributed by atoms with E-state index in [-0.39, 0.29) is 28.9 Å². The topological polar surface area (TPSA) is 92.6 Å². The Kier molecular flexibility index (Phi) is 7.50. The summed E-state index contributed by atoms with van der Waals surface area (Å²) in [6.45, 7) is 6.44. The number of benzene rings is 3. The number of halogens is 3. The molecule has 1 unspecified atom stereocenters. The number of fused-ring (bicyclic) bond motifs is 10. The third-order valence-corrected chi connectivity index (χ3v) is 9.71. The maximum absolute atomic E-state index is 15.7. The number of rotatable bonds is 1. The average molecular weight is 720 g/mol. The molecule has 10 heteroatoms. The van der Waals surface area contributed by atoms with Gasteiger partial charge in [-0.15, -0.1) is 0 Å². The molecule has 230 valence electrons. The molecule has 0 aliphatic carbocycles. The quantitative estimate of drug-likeness (QED) is 0.165. The van der Waals surface area contributed by atoms with E-state index in [1.807, 2.05) is 6.07 Å². The molecule has 0 spiro atoms. The van der Waals surface area contributed by atoms with Crippen LogP contribution in [0.5, 0.6) is 11.5 Å². The highest BCUT2D eigenvalue weighted by atomic mass is 127. The second-order valence-electron chi connectivity index (χ2n) is 12.6. The Hall–Kier alpha value is -4.06. The molecule has 0 fully saturated rings. The van der Waals surface area contributed by atoms with Crippen molar-refractivity contribution in [1.29, 1.82) is 0 Å². The Morgan fingerprint density at radius 3 is 2.64 bits per heavy atom. The van der Waals surface area contributed by atoms with Crippen molar-refractivity contribution in [3.8, 4) is 22.9 Å². The number of hydrogen-bond acceptors (Lipinski definition) is 5. The predicted molar refractivity (Wildman–Crippen MR) is 177 cm³/mol. The molecule has 1 atom stereocenters. The first-order chi connectivity index (χ1) is 21.6. The van der Waals surface area contributed by atoms with E-state index in [2.05, 4.69) is 87.7 Å². The van der Waals surface area contributed by atoms with Gasteiger partial charge in [0.1, 0.15) is 17.4 Å². The minimum Gasteiger partial charge on any atom is -0.454 e. The minimum absolute atomic E-state index is 0.0166. The van der Waals surface area contributed by atoms with Crippen molar-refractivity contribution in [3.63, 3.8) is 0 Å². The van der Waals surface area contributed by atoms with E-state index in [9.17, 15) is 0 Å². The van der Waals surface area contributed by atoms with Gasteiger partial charge in [-0.05, 0) is 84.3 Å². The number of aromatic nitrogens is 5. The first kappa shape index (κ1) is 29.6. The molecule has 3 aromatic carbocycles. The first-order valence-corrected chi connectivity index (χ1v) is 16.1. The number of hydrogen-bond donors (Lipinski definition) is 2. The van der Waals surface area contributed by atoms with Gasteiger partial charge in [-0.1, -0.05) is 44.0 Å². The molecule has 3 aromatic heterocycles. The molecule has 0 radical (unpaired) electrons. The van der Waals surface area contributed by atoms with Gasteiger partial charge in [0.15, 0.2) is 17.4 Å². The van der Waals surface area contributed by atoms with E-state index in [1.54, 1.807) is 18.5 Å². The van der Waals surface area contributed by atoms with E-state index in [4.69, 9.17) is 14.2 Å². The molecule has 6 aromatic rings. The number of nitrogens with one attached hydrogen (secondary N) is 2. The van der Waals surface area contributed by atoms with Crippen LogP contribution in [0.2, 0.25) is 0 Å². The zero-order valence-electron chi connectivity index (χ0n) is 25.2. The number of imidazole rings is 1. The van der Waals surface area contributed by atoms with Crippen molar-refractivity contribution in [2.24, 2.45) is 0 Å². The molecule has 1 aliphatic rings. The summed E-state index contributed by atoms with van der Waals surface area (Å²) in [5.41, 5.74) is 2.69. The number of nitrogens with zero attached hydrogens (tertiary/aromatic N) is 3. The van der Waals surface area contributed by atoms with Crippen LogP contribution in [0.4, 0.5) is 8.78 Å². The van der Waals surface area contributed by atoms with Crippen LogP contribution in [0.1, 0.15) is 75.0 Å². The SMILES string of the molecule is CC1(C)CCCCC(C)(c2cccc(I)c2)c2cnc([nH]2)-c2cc(ccc2F)Oc2c(F)cc3[nH]ccc3c2Cc2nc1no2. The molecule has 7 rings (SSSR count). The molecule has 0 amide bonds. The molecule has 4 heterocycles. The lowest BCUT2D eigenvalue weighted by molar-refractivity contribution is 0.349. The summed E-state index contributed by atoms with van der Waals surface area (Å²) in [7, 11) is 0. The summed E-state index contributed by atoms with van der Waals surface area (Å²) in [4.78, 5) is 15.9. The number of aromatic amines is 2. The molecule has 6 bridgehead atoms. The first-order valence-electron chi connectivity index (χ1n) is 15.0. The van der Waals surface area contributed by atoms with Crippen LogP contribution in [0.25, 0.3) is 22.3 Å². The van der Waals surface area contributed by atoms with Crippen molar-refractivity contribution in [3.05, 3.63) is 111 Å². The molecular formula is C35H32F2IN5O2. The molecule has 0 saturated carbocycles. The lowest BCUT2D eigenvalue weighted by atomic mass is 9.75. The zero-order valence-corrected chi connectivity index (χ0v) is 27.3. The van der Waals surface area contributed by atoms with E-state index in [1.165, 1.54) is 18.2 Å². The highest BCUT2D eigenvalue weighted by Crippen LogP contribution is 2.41. The summed E-state index contributed by atoms with van der Waals surface area (Å²) in [5.74, 6) is 0.610. The van der Waals surface area contributed by atoms with Crippen molar-refractivity contribution >= 4 is 33.5 Å². The van der Waals surface area contributed by atoms with Crippen LogP contribution in [0, 0.1) is 15.2 Å². The smallest absolute Gasteiger partial charge is 0.231 e. The standard InChI is InChI=1S/C35H32F2IN5O2/c1-34(2)12-4-5-13-35(3,20-7-6-8-21(38)15-20)29-19-40-32(41-29)25-16-22(9-10-26(25)36)44-31-24(17-30-42-33(34)43-45-30)23-11-14-39-28(23)18-27(31)37/h6-11,14-16,18-19,39H,4-5,12-13,17H2,1-3H3,(H,40,41). The van der Waals surface area contributed by atoms with Crippen molar-refractivity contribution < 1.29 is 18.0 Å². The summed E-state index contributed by atoms with van der Waals surface area (Å²) in [6.07, 6.45) is 7.25. The molecule has 0 saturated heterocycles. The monoisotopic (exact) mass is 719 g/mol. The summed E-state index contributed by atoms with van der Waals surface area (Å²) in [6, 6.07) is 16.0. The van der Waals surface area contributed by atoms with Gasteiger partial charge in [-0.25, -0.2) is 13.8 Å². The van der Waals surface area contributed by atoms with Crippen LogP contribution in [-0.2, 0) is 17.3 Å². The van der Waals surface area contributed by atoms with Gasteiger partial charge in [0.25, 0.3) is 0 Å². The second-order valence-corrected chi connectivity index (χ2v) is 13.9. The summed E-state index contributed by atoms with van der Waals surface area (Å²) in [5, 5.41) is 5.11. The second kappa shape index (κ2) is 11.4. The molecule has 45 heavy (non-hydrogen) atoms. The Balaban J connectivity index is 1.38. The Morgan fingerprint density at radius 2 is 1.80 bits per heavy atom. The van der Waals surface area contributed by atoms with E-state index >= 15 is 8.78 Å². The maximum atomic E-state index is 15.7. The normalized spacial score (nSPS) is 18.4. The van der Waals surface area contributed by atoms with Gasteiger partial charge in [0.05, 0.1) is 12.0 Å². The Labute approximate surface area is 273 Å². The molecular weight excluding hydrogens is 687 g/mol. The van der Waals surface area contributed by atoms with E-state index in [0.717, 1.165) is 45.9 Å². The lowest BCUT2D eigenvalue weighted by Crippen LogP contribution is -2.25. The van der Waals surface area contributed by atoms with Crippen LogP contribution in [0.15, 0.2) is 71.5 Å². The van der Waals surface area contributed by atoms with Crippen LogP contribution < -0.4 is 4.74 Å². The largest absolute Gasteiger partial charge is 0.454 e.